The van der Waals surface area contributed by atoms with E-state index in [1.807, 2.05) is 12.1 Å². The number of para-hydroxylation sites is 2. The van der Waals surface area contributed by atoms with E-state index in [9.17, 15) is 0 Å². The van der Waals surface area contributed by atoms with E-state index in [4.69, 9.17) is 8.83 Å². The molecule has 0 aliphatic heterocycles. The normalized spacial score (nSPS) is 11.7. The Morgan fingerprint density at radius 3 is 1.69 bits per heavy atom. The molecule has 0 radical (unpaired) electrons. The van der Waals surface area contributed by atoms with E-state index in [0.29, 0.717) is 0 Å². The smallest absolute Gasteiger partial charge is 0.159 e. The molecule has 2 aromatic heterocycles. The molecule has 0 bridgehead atoms. The predicted octanol–water partition coefficient (Wildman–Crippen LogP) is 13.4. The number of nitrogens with zero attached hydrogens (tertiary/aromatic N) is 1. The lowest BCUT2D eigenvalue weighted by Crippen LogP contribution is -2.11. The maximum absolute atomic E-state index is 6.90. The second-order valence-electron chi connectivity index (χ2n) is 12.5. The van der Waals surface area contributed by atoms with Gasteiger partial charge in [0.25, 0.3) is 0 Å². The van der Waals surface area contributed by atoms with Crippen molar-refractivity contribution < 1.29 is 8.83 Å². The van der Waals surface area contributed by atoms with Crippen molar-refractivity contribution in [3.05, 3.63) is 176 Å². The molecule has 3 nitrogen and oxygen atoms in total. The highest BCUT2D eigenvalue weighted by Crippen LogP contribution is 2.48. The van der Waals surface area contributed by atoms with Gasteiger partial charge in [-0.15, -0.1) is 0 Å². The summed E-state index contributed by atoms with van der Waals surface area (Å²) in [7, 11) is 0. The SMILES string of the molecule is c1ccc(-c2ccc(N(c3cccc4c3oc3ccccc34)c3cc(-c4ccccc4)cc4c3oc3cc5ccccc5cc34)cc2)cc1. The third-order valence-electron chi connectivity index (χ3n) is 9.62. The first-order valence-electron chi connectivity index (χ1n) is 16.6. The Bertz CT molecular complexity index is 2810. The van der Waals surface area contributed by atoms with Gasteiger partial charge >= 0.3 is 0 Å². The standard InChI is InChI=1S/C46H29NO2/c1-3-12-30(13-4-1)32-22-24-36(25-23-32)47(41-20-11-19-38-37-18-9-10-21-43(37)48-45(38)41)42-28-35(31-14-5-2-6-15-31)27-40-39-26-33-16-7-8-17-34(33)29-44(39)49-46(40)42/h1-29H. The van der Waals surface area contributed by atoms with Crippen molar-refractivity contribution in [2.75, 3.05) is 4.90 Å². The summed E-state index contributed by atoms with van der Waals surface area (Å²) < 4.78 is 13.6. The van der Waals surface area contributed by atoms with Crippen molar-refractivity contribution in [1.29, 1.82) is 0 Å². The Kier molecular flexibility index (Phi) is 6.18. The van der Waals surface area contributed by atoms with Crippen LogP contribution in [0, 0.1) is 0 Å². The minimum Gasteiger partial charge on any atom is -0.454 e. The summed E-state index contributed by atoms with van der Waals surface area (Å²) in [6.45, 7) is 0. The number of furan rings is 2. The molecule has 8 aromatic carbocycles. The zero-order valence-corrected chi connectivity index (χ0v) is 26.5. The molecule has 0 fully saturated rings. The van der Waals surface area contributed by atoms with Gasteiger partial charge in [0.05, 0.1) is 11.4 Å². The largest absolute Gasteiger partial charge is 0.454 e. The molecule has 3 heteroatoms. The number of hydrogen-bond donors (Lipinski definition) is 0. The Hall–Kier alpha value is -6.58. The van der Waals surface area contributed by atoms with Crippen molar-refractivity contribution in [3.63, 3.8) is 0 Å². The third-order valence-corrected chi connectivity index (χ3v) is 9.62. The molecule has 0 atom stereocenters. The van der Waals surface area contributed by atoms with Crippen molar-refractivity contribution in [2.24, 2.45) is 0 Å². The fraction of sp³-hybridized carbons (Fsp3) is 0. The minimum absolute atomic E-state index is 0.824. The summed E-state index contributed by atoms with van der Waals surface area (Å²) in [5.41, 5.74) is 10.9. The zero-order valence-electron chi connectivity index (χ0n) is 26.5. The molecule has 0 amide bonds. The average molecular weight is 628 g/mol. The monoisotopic (exact) mass is 627 g/mol. The maximum Gasteiger partial charge on any atom is 0.159 e. The van der Waals surface area contributed by atoms with Crippen molar-refractivity contribution in [3.8, 4) is 22.3 Å². The van der Waals surface area contributed by atoms with Crippen LogP contribution in [0.25, 0.3) is 76.9 Å². The molecule has 0 N–H and O–H groups in total. The summed E-state index contributed by atoms with van der Waals surface area (Å²) >= 11 is 0. The quantitative estimate of drug-likeness (QED) is 0.190. The van der Waals surface area contributed by atoms with Crippen molar-refractivity contribution in [1.82, 2.24) is 0 Å². The highest BCUT2D eigenvalue weighted by molar-refractivity contribution is 6.16. The molecule has 0 aliphatic carbocycles. The Morgan fingerprint density at radius 2 is 0.918 bits per heavy atom. The van der Waals surface area contributed by atoms with Crippen LogP contribution in [0.15, 0.2) is 185 Å². The number of benzene rings is 8. The van der Waals surface area contributed by atoms with E-state index < -0.39 is 0 Å². The lowest BCUT2D eigenvalue weighted by atomic mass is 9.99. The minimum atomic E-state index is 0.824. The maximum atomic E-state index is 6.90. The summed E-state index contributed by atoms with van der Waals surface area (Å²) in [4.78, 5) is 2.30. The summed E-state index contributed by atoms with van der Waals surface area (Å²) in [5, 5.41) is 6.67. The Morgan fingerprint density at radius 1 is 0.327 bits per heavy atom. The van der Waals surface area contributed by atoms with Gasteiger partial charge in [0.15, 0.2) is 11.2 Å². The number of hydrogen-bond acceptors (Lipinski definition) is 3. The van der Waals surface area contributed by atoms with Gasteiger partial charge in [-0.1, -0.05) is 127 Å². The molecular weight excluding hydrogens is 599 g/mol. The molecule has 230 valence electrons. The molecule has 0 saturated carbocycles. The first-order valence-corrected chi connectivity index (χ1v) is 16.6. The predicted molar refractivity (Wildman–Crippen MR) is 204 cm³/mol. The van der Waals surface area contributed by atoms with E-state index in [2.05, 4.69) is 169 Å². The van der Waals surface area contributed by atoms with E-state index >= 15 is 0 Å². The topological polar surface area (TPSA) is 29.5 Å². The van der Waals surface area contributed by atoms with Crippen LogP contribution in [-0.2, 0) is 0 Å². The summed E-state index contributed by atoms with van der Waals surface area (Å²) in [6, 6.07) is 61.9. The lowest BCUT2D eigenvalue weighted by Gasteiger charge is -2.26. The van der Waals surface area contributed by atoms with Gasteiger partial charge in [-0.2, -0.15) is 0 Å². The summed E-state index contributed by atoms with van der Waals surface area (Å²) in [5.74, 6) is 0. The van der Waals surface area contributed by atoms with Crippen LogP contribution in [0.4, 0.5) is 17.1 Å². The fourth-order valence-corrected chi connectivity index (χ4v) is 7.26. The average Bonchev–Trinajstić information content (AvgIpc) is 3.73. The molecule has 2 heterocycles. The van der Waals surface area contributed by atoms with E-state index in [-0.39, 0.29) is 0 Å². The highest BCUT2D eigenvalue weighted by atomic mass is 16.3. The van der Waals surface area contributed by atoms with E-state index in [1.54, 1.807) is 0 Å². The zero-order chi connectivity index (χ0) is 32.3. The number of fused-ring (bicyclic) bond motifs is 7. The third kappa shape index (κ3) is 4.51. The van der Waals surface area contributed by atoms with Gasteiger partial charge < -0.3 is 13.7 Å². The van der Waals surface area contributed by atoms with Crippen LogP contribution in [-0.4, -0.2) is 0 Å². The lowest BCUT2D eigenvalue weighted by molar-refractivity contribution is 0.666. The molecular formula is C46H29NO2. The molecule has 0 saturated heterocycles. The second kappa shape index (κ2) is 11.0. The highest BCUT2D eigenvalue weighted by Gasteiger charge is 2.24. The summed E-state index contributed by atoms with van der Waals surface area (Å²) in [6.07, 6.45) is 0. The van der Waals surface area contributed by atoms with E-state index in [0.717, 1.165) is 83.0 Å². The van der Waals surface area contributed by atoms with Gasteiger partial charge in [-0.05, 0) is 81.6 Å². The van der Waals surface area contributed by atoms with Gasteiger partial charge in [0, 0.05) is 27.2 Å². The van der Waals surface area contributed by atoms with Crippen LogP contribution in [0.3, 0.4) is 0 Å². The first-order chi connectivity index (χ1) is 24.3. The molecule has 49 heavy (non-hydrogen) atoms. The van der Waals surface area contributed by atoms with E-state index in [1.165, 1.54) is 10.9 Å². The van der Waals surface area contributed by atoms with Crippen molar-refractivity contribution in [2.45, 2.75) is 0 Å². The van der Waals surface area contributed by atoms with Gasteiger partial charge in [-0.25, -0.2) is 0 Å². The number of rotatable bonds is 5. The molecule has 0 spiro atoms. The second-order valence-corrected chi connectivity index (χ2v) is 12.5. The van der Waals surface area contributed by atoms with Crippen LogP contribution in [0.5, 0.6) is 0 Å². The van der Waals surface area contributed by atoms with Gasteiger partial charge in [0.2, 0.25) is 0 Å². The van der Waals surface area contributed by atoms with Crippen LogP contribution in [0.1, 0.15) is 0 Å². The van der Waals surface area contributed by atoms with Crippen LogP contribution >= 0.6 is 0 Å². The van der Waals surface area contributed by atoms with Gasteiger partial charge in [-0.3, -0.25) is 0 Å². The Balaban J connectivity index is 1.30. The van der Waals surface area contributed by atoms with Crippen LogP contribution < -0.4 is 4.90 Å². The Labute approximate surface area is 282 Å². The molecule has 10 rings (SSSR count). The first kappa shape index (κ1) is 27.5. The van der Waals surface area contributed by atoms with Crippen molar-refractivity contribution >= 4 is 71.7 Å². The van der Waals surface area contributed by atoms with Gasteiger partial charge in [0.1, 0.15) is 11.2 Å². The number of anilines is 3. The fourth-order valence-electron chi connectivity index (χ4n) is 7.26. The molecule has 0 aliphatic rings. The molecule has 0 unspecified atom stereocenters. The molecule has 10 aromatic rings. The van der Waals surface area contributed by atoms with Crippen LogP contribution in [0.2, 0.25) is 0 Å².